The summed E-state index contributed by atoms with van der Waals surface area (Å²) < 4.78 is 40.2. The van der Waals surface area contributed by atoms with Gasteiger partial charge in [-0.05, 0) is 18.2 Å². The van der Waals surface area contributed by atoms with Gasteiger partial charge in [-0.3, -0.25) is 4.79 Å². The smallest absolute Gasteiger partial charge is 0.254 e. The summed E-state index contributed by atoms with van der Waals surface area (Å²) in [6.45, 7) is -0.0148. The molecule has 2 rings (SSSR count). The molecular weight excluding hydrogens is 281 g/mol. The molecule has 0 spiro atoms. The highest BCUT2D eigenvalue weighted by molar-refractivity contribution is 5.94. The van der Waals surface area contributed by atoms with Gasteiger partial charge in [0.1, 0.15) is 23.1 Å². The number of rotatable bonds is 3. The van der Waals surface area contributed by atoms with E-state index in [0.717, 1.165) is 12.1 Å². The number of hydrogen-bond acceptors (Lipinski definition) is 2. The molecule has 0 unspecified atom stereocenters. The number of nitrogens with two attached hydrogens (primary N) is 1. The van der Waals surface area contributed by atoms with Crippen LogP contribution in [0.15, 0.2) is 36.4 Å². The molecule has 0 fully saturated rings. The van der Waals surface area contributed by atoms with Gasteiger partial charge in [-0.25, -0.2) is 13.2 Å². The van der Waals surface area contributed by atoms with Crippen LogP contribution in [0.5, 0.6) is 0 Å². The molecule has 2 aromatic rings. The fourth-order valence-electron chi connectivity index (χ4n) is 1.88. The van der Waals surface area contributed by atoms with Gasteiger partial charge >= 0.3 is 0 Å². The van der Waals surface area contributed by atoms with Crippen molar-refractivity contribution in [3.63, 3.8) is 0 Å². The Bertz CT molecular complexity index is 665. The summed E-state index contributed by atoms with van der Waals surface area (Å²) in [5.74, 6) is -3.09. The summed E-state index contributed by atoms with van der Waals surface area (Å²) in [5.41, 5.74) is 4.64. The van der Waals surface area contributed by atoms with Crippen molar-refractivity contribution in [1.82, 2.24) is 4.90 Å². The van der Waals surface area contributed by atoms with Crippen LogP contribution in [0.4, 0.5) is 18.9 Å². The van der Waals surface area contributed by atoms with Crippen LogP contribution >= 0.6 is 0 Å². The van der Waals surface area contributed by atoms with E-state index in [0.29, 0.717) is 5.56 Å². The molecule has 0 radical (unpaired) electrons. The van der Waals surface area contributed by atoms with E-state index >= 15 is 0 Å². The van der Waals surface area contributed by atoms with Gasteiger partial charge in [0.15, 0.2) is 0 Å². The summed E-state index contributed by atoms with van der Waals surface area (Å²) in [6.07, 6.45) is 0. The predicted octanol–water partition coefficient (Wildman–Crippen LogP) is 2.96. The second-order valence-electron chi connectivity index (χ2n) is 4.61. The lowest BCUT2D eigenvalue weighted by atomic mass is 10.1. The highest BCUT2D eigenvalue weighted by Crippen LogP contribution is 2.19. The maximum absolute atomic E-state index is 13.5. The van der Waals surface area contributed by atoms with Crippen molar-refractivity contribution in [2.75, 3.05) is 12.8 Å². The Balaban J connectivity index is 2.22. The molecule has 3 nitrogen and oxygen atoms in total. The molecule has 0 heterocycles. The van der Waals surface area contributed by atoms with E-state index in [1.807, 2.05) is 0 Å². The van der Waals surface area contributed by atoms with Gasteiger partial charge in [0.2, 0.25) is 0 Å². The number of carbonyl (C=O) groups is 1. The zero-order valence-corrected chi connectivity index (χ0v) is 11.2. The van der Waals surface area contributed by atoms with Crippen molar-refractivity contribution in [2.45, 2.75) is 6.54 Å². The number of benzene rings is 2. The van der Waals surface area contributed by atoms with Gasteiger partial charge in [0.25, 0.3) is 5.91 Å². The second-order valence-corrected chi connectivity index (χ2v) is 4.61. The average molecular weight is 294 g/mol. The summed E-state index contributed by atoms with van der Waals surface area (Å²) in [4.78, 5) is 13.3. The molecule has 0 atom stereocenters. The van der Waals surface area contributed by atoms with Crippen molar-refractivity contribution in [3.05, 3.63) is 65.0 Å². The van der Waals surface area contributed by atoms with Crippen molar-refractivity contribution in [1.29, 1.82) is 0 Å². The van der Waals surface area contributed by atoms with Crippen molar-refractivity contribution < 1.29 is 18.0 Å². The Morgan fingerprint density at radius 2 is 1.67 bits per heavy atom. The topological polar surface area (TPSA) is 46.3 Å². The van der Waals surface area contributed by atoms with Crippen LogP contribution in [0.3, 0.4) is 0 Å². The van der Waals surface area contributed by atoms with Crippen molar-refractivity contribution in [3.8, 4) is 0 Å². The summed E-state index contributed by atoms with van der Waals surface area (Å²) in [7, 11) is 1.42. The van der Waals surface area contributed by atoms with Crippen LogP contribution in [0.25, 0.3) is 0 Å². The first-order valence-corrected chi connectivity index (χ1v) is 6.13. The quantitative estimate of drug-likeness (QED) is 0.885. The highest BCUT2D eigenvalue weighted by atomic mass is 19.1. The van der Waals surface area contributed by atoms with E-state index in [1.54, 1.807) is 6.07 Å². The molecule has 0 aliphatic carbocycles. The minimum absolute atomic E-state index is 0.0148. The lowest BCUT2D eigenvalue weighted by Gasteiger charge is -2.18. The Kier molecular flexibility index (Phi) is 4.16. The lowest BCUT2D eigenvalue weighted by Crippen LogP contribution is -2.27. The van der Waals surface area contributed by atoms with E-state index < -0.39 is 29.0 Å². The predicted molar refractivity (Wildman–Crippen MR) is 73.0 cm³/mol. The Hall–Kier alpha value is -2.50. The number of anilines is 1. The third-order valence-corrected chi connectivity index (χ3v) is 3.04. The van der Waals surface area contributed by atoms with Gasteiger partial charge < -0.3 is 10.6 Å². The van der Waals surface area contributed by atoms with Crippen LogP contribution in [-0.4, -0.2) is 17.9 Å². The molecule has 6 heteroatoms. The zero-order chi connectivity index (χ0) is 15.6. The molecule has 2 N–H and O–H groups in total. The second kappa shape index (κ2) is 5.87. The third-order valence-electron chi connectivity index (χ3n) is 3.04. The van der Waals surface area contributed by atoms with Crippen LogP contribution < -0.4 is 5.73 Å². The first kappa shape index (κ1) is 14.9. The van der Waals surface area contributed by atoms with Gasteiger partial charge in [-0.15, -0.1) is 0 Å². The van der Waals surface area contributed by atoms with Crippen molar-refractivity contribution in [2.24, 2.45) is 0 Å². The monoisotopic (exact) mass is 294 g/mol. The van der Waals surface area contributed by atoms with Gasteiger partial charge in [0, 0.05) is 24.7 Å². The first-order chi connectivity index (χ1) is 9.90. The van der Waals surface area contributed by atoms with Gasteiger partial charge in [0.05, 0.1) is 0 Å². The standard InChI is InChI=1S/C15H13F3N2O/c1-20(8-9-4-2-3-5-11(9)16)15(21)10-6-12(17)14(19)13(18)7-10/h2-7H,8,19H2,1H3. The van der Waals surface area contributed by atoms with Crippen molar-refractivity contribution >= 4 is 11.6 Å². The maximum Gasteiger partial charge on any atom is 0.254 e. The van der Waals surface area contributed by atoms with E-state index in [1.165, 1.54) is 30.1 Å². The van der Waals surface area contributed by atoms with Crippen LogP contribution in [0.1, 0.15) is 15.9 Å². The molecule has 0 aliphatic heterocycles. The highest BCUT2D eigenvalue weighted by Gasteiger charge is 2.17. The summed E-state index contributed by atoms with van der Waals surface area (Å²) in [6, 6.07) is 7.70. The molecule has 0 bridgehead atoms. The zero-order valence-electron chi connectivity index (χ0n) is 11.2. The molecule has 2 aromatic carbocycles. The van der Waals surface area contributed by atoms with E-state index in [4.69, 9.17) is 5.73 Å². The normalized spacial score (nSPS) is 10.5. The minimum atomic E-state index is -1.00. The molecule has 0 aromatic heterocycles. The number of nitrogen functional groups attached to an aromatic ring is 1. The number of hydrogen-bond donors (Lipinski definition) is 1. The van der Waals surface area contributed by atoms with Gasteiger partial charge in [-0.2, -0.15) is 0 Å². The average Bonchev–Trinajstić information content (AvgIpc) is 2.45. The number of amides is 1. The maximum atomic E-state index is 13.5. The van der Waals surface area contributed by atoms with E-state index in [-0.39, 0.29) is 12.1 Å². The molecular formula is C15H13F3N2O. The molecule has 1 amide bonds. The van der Waals surface area contributed by atoms with Crippen LogP contribution in [0, 0.1) is 17.5 Å². The van der Waals surface area contributed by atoms with E-state index in [9.17, 15) is 18.0 Å². The molecule has 0 saturated carbocycles. The van der Waals surface area contributed by atoms with Gasteiger partial charge in [-0.1, -0.05) is 18.2 Å². The molecule has 0 aliphatic rings. The van der Waals surface area contributed by atoms with E-state index in [2.05, 4.69) is 0 Å². The third kappa shape index (κ3) is 3.16. The SMILES string of the molecule is CN(Cc1ccccc1F)C(=O)c1cc(F)c(N)c(F)c1. The fraction of sp³-hybridized carbons (Fsp3) is 0.133. The molecule has 21 heavy (non-hydrogen) atoms. The Labute approximate surface area is 119 Å². The van der Waals surface area contributed by atoms with Crippen LogP contribution in [-0.2, 0) is 6.54 Å². The fourth-order valence-corrected chi connectivity index (χ4v) is 1.88. The number of nitrogens with zero attached hydrogens (tertiary/aromatic N) is 1. The Morgan fingerprint density at radius 1 is 1.10 bits per heavy atom. The lowest BCUT2D eigenvalue weighted by molar-refractivity contribution is 0.0783. The summed E-state index contributed by atoms with van der Waals surface area (Å²) >= 11 is 0. The summed E-state index contributed by atoms with van der Waals surface area (Å²) in [5, 5.41) is 0. The largest absolute Gasteiger partial charge is 0.394 e. The Morgan fingerprint density at radius 3 is 2.24 bits per heavy atom. The first-order valence-electron chi connectivity index (χ1n) is 6.13. The minimum Gasteiger partial charge on any atom is -0.394 e. The number of halogens is 3. The van der Waals surface area contributed by atoms with Crippen LogP contribution in [0.2, 0.25) is 0 Å². The number of carbonyl (C=O) groups excluding carboxylic acids is 1. The molecule has 0 saturated heterocycles. The molecule has 110 valence electrons.